The number of ether oxygens (including phenoxy) is 2. The Hall–Kier alpha value is -0.850. The van der Waals surface area contributed by atoms with Crippen molar-refractivity contribution in [3.05, 3.63) is 0 Å². The molecule has 6 nitrogen and oxygen atoms in total. The van der Waals surface area contributed by atoms with Gasteiger partial charge in [0, 0.05) is 32.7 Å². The highest BCUT2D eigenvalue weighted by Crippen LogP contribution is 2.15. The van der Waals surface area contributed by atoms with Crippen LogP contribution in [-0.4, -0.2) is 80.4 Å². The summed E-state index contributed by atoms with van der Waals surface area (Å²) in [5.41, 5.74) is 5.95. The second-order valence-electron chi connectivity index (χ2n) is 5.72. The third kappa shape index (κ3) is 4.63. The Bertz CT molecular complexity index is 314. The fraction of sp³-hybridized carbons (Fsp3) is 0.923. The van der Waals surface area contributed by atoms with Gasteiger partial charge in [-0.25, -0.2) is 0 Å². The molecule has 0 aromatic rings. The average Bonchev–Trinajstić information content (AvgIpc) is 2.38. The number of hydrogen-bond acceptors (Lipinski definition) is 4. The number of hydrogen-bond donors (Lipinski definition) is 1. The van der Waals surface area contributed by atoms with Crippen molar-refractivity contribution in [3.8, 4) is 0 Å². The molecule has 0 radical (unpaired) electrons. The van der Waals surface area contributed by atoms with E-state index >= 15 is 0 Å². The molecule has 2 rings (SSSR count). The zero-order chi connectivity index (χ0) is 13.7. The molecule has 2 heterocycles. The molecule has 0 aromatic heterocycles. The molecule has 0 aliphatic carbocycles. The van der Waals surface area contributed by atoms with E-state index in [-0.39, 0.29) is 5.60 Å². The van der Waals surface area contributed by atoms with Gasteiger partial charge in [0.1, 0.15) is 0 Å². The minimum atomic E-state index is -0.0439. The molecule has 2 aliphatic rings. The number of rotatable bonds is 3. The summed E-state index contributed by atoms with van der Waals surface area (Å²) in [6, 6.07) is 0. The molecular weight excluding hydrogens is 244 g/mol. The summed E-state index contributed by atoms with van der Waals surface area (Å²) in [6.07, 6.45) is 0. The van der Waals surface area contributed by atoms with Crippen LogP contribution in [0.1, 0.15) is 13.8 Å². The van der Waals surface area contributed by atoms with E-state index in [0.717, 1.165) is 59.1 Å². The van der Waals surface area contributed by atoms with Crippen LogP contribution in [-0.2, 0) is 9.47 Å². The second kappa shape index (κ2) is 6.54. The normalized spacial score (nSPS) is 25.6. The van der Waals surface area contributed by atoms with Gasteiger partial charge >= 0.3 is 0 Å². The van der Waals surface area contributed by atoms with Gasteiger partial charge in [0.25, 0.3) is 0 Å². The topological polar surface area (TPSA) is 63.3 Å². The zero-order valence-electron chi connectivity index (χ0n) is 12.1. The van der Waals surface area contributed by atoms with E-state index in [1.165, 1.54) is 0 Å². The first-order chi connectivity index (χ1) is 9.07. The Morgan fingerprint density at radius 1 is 1.21 bits per heavy atom. The van der Waals surface area contributed by atoms with Crippen LogP contribution in [0, 0.1) is 0 Å². The monoisotopic (exact) mass is 270 g/mol. The molecule has 6 heteroatoms. The lowest BCUT2D eigenvalue weighted by molar-refractivity contribution is -0.0850. The van der Waals surface area contributed by atoms with Crippen molar-refractivity contribution in [1.29, 1.82) is 0 Å². The van der Waals surface area contributed by atoms with E-state index in [0.29, 0.717) is 5.96 Å². The molecule has 0 aromatic carbocycles. The number of guanidine groups is 1. The maximum absolute atomic E-state index is 5.99. The maximum atomic E-state index is 5.99. The van der Waals surface area contributed by atoms with Gasteiger partial charge in [-0.2, -0.15) is 0 Å². The molecule has 2 aliphatic heterocycles. The number of nitrogens with zero attached hydrogens (tertiary/aromatic N) is 3. The van der Waals surface area contributed by atoms with Crippen molar-refractivity contribution in [2.75, 3.05) is 59.1 Å². The molecule has 19 heavy (non-hydrogen) atoms. The third-order valence-electron chi connectivity index (χ3n) is 3.53. The van der Waals surface area contributed by atoms with Crippen molar-refractivity contribution < 1.29 is 9.47 Å². The maximum Gasteiger partial charge on any atom is 0.191 e. The first-order valence-corrected chi connectivity index (χ1v) is 7.06. The van der Waals surface area contributed by atoms with Crippen molar-refractivity contribution >= 4 is 5.96 Å². The Labute approximate surface area is 115 Å². The van der Waals surface area contributed by atoms with E-state index in [9.17, 15) is 0 Å². The zero-order valence-corrected chi connectivity index (χ0v) is 12.1. The summed E-state index contributed by atoms with van der Waals surface area (Å²) in [4.78, 5) is 8.95. The quantitative estimate of drug-likeness (QED) is 0.566. The van der Waals surface area contributed by atoms with Crippen molar-refractivity contribution in [3.63, 3.8) is 0 Å². The Morgan fingerprint density at radius 3 is 2.63 bits per heavy atom. The summed E-state index contributed by atoms with van der Waals surface area (Å²) in [5, 5.41) is 0. The van der Waals surface area contributed by atoms with Gasteiger partial charge in [-0.15, -0.1) is 0 Å². The summed E-state index contributed by atoms with van der Waals surface area (Å²) < 4.78 is 11.0. The van der Waals surface area contributed by atoms with Gasteiger partial charge in [-0.1, -0.05) is 0 Å². The average molecular weight is 270 g/mol. The van der Waals surface area contributed by atoms with Crippen LogP contribution >= 0.6 is 0 Å². The fourth-order valence-corrected chi connectivity index (χ4v) is 2.50. The Balaban J connectivity index is 1.72. The Morgan fingerprint density at radius 2 is 1.95 bits per heavy atom. The van der Waals surface area contributed by atoms with Crippen molar-refractivity contribution in [1.82, 2.24) is 9.80 Å². The molecule has 0 unspecified atom stereocenters. The number of aliphatic imine (C=N–C) groups is 1. The molecule has 0 saturated carbocycles. The van der Waals surface area contributed by atoms with Crippen LogP contribution in [0.15, 0.2) is 4.99 Å². The van der Waals surface area contributed by atoms with Crippen molar-refractivity contribution in [2.24, 2.45) is 10.7 Å². The standard InChI is InChI=1S/C13H26N4O2/c1-13(2)11-16(5-10-19-13)4-3-15-12(14)17-6-8-18-9-7-17/h3-11H2,1-2H3,(H2,14,15). The van der Waals surface area contributed by atoms with Crippen LogP contribution in [0.25, 0.3) is 0 Å². The number of nitrogens with two attached hydrogens (primary N) is 1. The van der Waals surface area contributed by atoms with E-state index in [1.54, 1.807) is 0 Å². The lowest BCUT2D eigenvalue weighted by atomic mass is 10.1. The van der Waals surface area contributed by atoms with Gasteiger partial charge in [0.15, 0.2) is 5.96 Å². The predicted molar refractivity (Wildman–Crippen MR) is 75.4 cm³/mol. The summed E-state index contributed by atoms with van der Waals surface area (Å²) in [7, 11) is 0. The largest absolute Gasteiger partial charge is 0.378 e. The highest BCUT2D eigenvalue weighted by atomic mass is 16.5. The molecular formula is C13H26N4O2. The van der Waals surface area contributed by atoms with E-state index in [1.807, 2.05) is 0 Å². The smallest absolute Gasteiger partial charge is 0.191 e. The fourth-order valence-electron chi connectivity index (χ4n) is 2.50. The summed E-state index contributed by atoms with van der Waals surface area (Å²) in [6.45, 7) is 11.9. The molecule has 2 saturated heterocycles. The van der Waals surface area contributed by atoms with Crippen molar-refractivity contribution in [2.45, 2.75) is 19.4 Å². The lowest BCUT2D eigenvalue weighted by Gasteiger charge is -2.38. The predicted octanol–water partition coefficient (Wildman–Crippen LogP) is -0.256. The molecule has 0 atom stereocenters. The van der Waals surface area contributed by atoms with E-state index < -0.39 is 0 Å². The van der Waals surface area contributed by atoms with Crippen LogP contribution in [0.2, 0.25) is 0 Å². The van der Waals surface area contributed by atoms with Crippen LogP contribution in [0.3, 0.4) is 0 Å². The summed E-state index contributed by atoms with van der Waals surface area (Å²) >= 11 is 0. The highest BCUT2D eigenvalue weighted by molar-refractivity contribution is 5.78. The van der Waals surface area contributed by atoms with Gasteiger partial charge in [0.2, 0.25) is 0 Å². The number of morpholine rings is 2. The summed E-state index contributed by atoms with van der Waals surface area (Å²) in [5.74, 6) is 0.649. The SMILES string of the molecule is CC1(C)CN(CCN=C(N)N2CCOCC2)CCO1. The minimum absolute atomic E-state index is 0.0439. The molecule has 0 amide bonds. The minimum Gasteiger partial charge on any atom is -0.378 e. The first-order valence-electron chi connectivity index (χ1n) is 7.06. The third-order valence-corrected chi connectivity index (χ3v) is 3.53. The first kappa shape index (κ1) is 14.6. The molecule has 0 spiro atoms. The lowest BCUT2D eigenvalue weighted by Crippen LogP contribution is -2.49. The van der Waals surface area contributed by atoms with Crippen LogP contribution in [0.4, 0.5) is 0 Å². The van der Waals surface area contributed by atoms with Gasteiger partial charge < -0.3 is 20.1 Å². The molecule has 2 N–H and O–H groups in total. The molecule has 0 bridgehead atoms. The molecule has 110 valence electrons. The highest BCUT2D eigenvalue weighted by Gasteiger charge is 2.26. The molecule has 2 fully saturated rings. The van der Waals surface area contributed by atoms with E-state index in [2.05, 4.69) is 28.6 Å². The van der Waals surface area contributed by atoms with Gasteiger partial charge in [-0.05, 0) is 13.8 Å². The van der Waals surface area contributed by atoms with Gasteiger partial charge in [0.05, 0.1) is 32.0 Å². The Kier molecular flexibility index (Phi) is 5.01. The van der Waals surface area contributed by atoms with Crippen LogP contribution in [0.5, 0.6) is 0 Å². The van der Waals surface area contributed by atoms with Crippen LogP contribution < -0.4 is 5.73 Å². The van der Waals surface area contributed by atoms with Gasteiger partial charge in [-0.3, -0.25) is 9.89 Å². The second-order valence-corrected chi connectivity index (χ2v) is 5.72. The van der Waals surface area contributed by atoms with E-state index in [4.69, 9.17) is 15.2 Å².